The van der Waals surface area contributed by atoms with Crippen LogP contribution in [0.1, 0.15) is 63.9 Å². The highest BCUT2D eigenvalue weighted by molar-refractivity contribution is 5.79. The number of nitrogens with zero attached hydrogens (tertiary/aromatic N) is 6. The maximum absolute atomic E-state index is 13.7. The van der Waals surface area contributed by atoms with Gasteiger partial charge in [0.2, 0.25) is 11.9 Å². The fourth-order valence-electron chi connectivity index (χ4n) is 5.21. The molecule has 2 aromatic heterocycles. The van der Waals surface area contributed by atoms with Crippen LogP contribution in [-0.4, -0.2) is 66.1 Å². The Labute approximate surface area is 239 Å². The number of ether oxygens (including phenoxy) is 3. The van der Waals surface area contributed by atoms with Crippen molar-refractivity contribution in [3.8, 4) is 5.95 Å². The molecule has 1 saturated heterocycles. The number of likely N-dealkylation sites (tertiary alicyclic amines) is 1. The Bertz CT molecular complexity index is 1390. The van der Waals surface area contributed by atoms with E-state index >= 15 is 0 Å². The smallest absolute Gasteiger partial charge is 0.411 e. The topological polar surface area (TPSA) is 112 Å². The number of amides is 2. The van der Waals surface area contributed by atoms with E-state index < -0.39 is 17.7 Å². The molecule has 0 bridgehead atoms. The summed E-state index contributed by atoms with van der Waals surface area (Å²) in [6.45, 7) is 7.90. The number of hydrogen-bond donors (Lipinski definition) is 0. The third kappa shape index (κ3) is 6.67. The minimum absolute atomic E-state index is 0.00958. The van der Waals surface area contributed by atoms with Crippen LogP contribution in [0, 0.1) is 6.92 Å². The lowest BCUT2D eigenvalue weighted by Crippen LogP contribution is -2.49. The number of rotatable bonds is 8. The molecule has 2 atom stereocenters. The van der Waals surface area contributed by atoms with E-state index in [0.29, 0.717) is 24.5 Å². The third-order valence-electron chi connectivity index (χ3n) is 6.98. The van der Waals surface area contributed by atoms with Crippen LogP contribution in [0.5, 0.6) is 0 Å². The molecule has 2 amide bonds. The van der Waals surface area contributed by atoms with Gasteiger partial charge >= 0.3 is 6.09 Å². The van der Waals surface area contributed by atoms with Crippen molar-refractivity contribution in [3.63, 3.8) is 0 Å². The lowest BCUT2D eigenvalue weighted by Gasteiger charge is -2.37. The first kappa shape index (κ1) is 28.1. The molecular weight excluding hydrogens is 524 g/mol. The largest absolute Gasteiger partial charge is 0.466 e. The average molecular weight is 561 g/mol. The molecule has 41 heavy (non-hydrogen) atoms. The van der Waals surface area contributed by atoms with E-state index in [9.17, 15) is 9.59 Å². The van der Waals surface area contributed by atoms with Gasteiger partial charge in [0.05, 0.1) is 11.7 Å². The summed E-state index contributed by atoms with van der Waals surface area (Å²) in [6.07, 6.45) is 17.6. The summed E-state index contributed by atoms with van der Waals surface area (Å²) in [5.74, 6) is 0.981. The van der Waals surface area contributed by atoms with Gasteiger partial charge in [-0.05, 0) is 58.6 Å². The van der Waals surface area contributed by atoms with E-state index in [-0.39, 0.29) is 25.0 Å². The molecule has 0 radical (unpaired) electrons. The molecule has 11 heteroatoms. The minimum atomic E-state index is -0.715. The molecule has 11 nitrogen and oxygen atoms in total. The van der Waals surface area contributed by atoms with Crippen molar-refractivity contribution >= 4 is 12.0 Å². The molecule has 0 spiro atoms. The zero-order valence-electron chi connectivity index (χ0n) is 23.9. The van der Waals surface area contributed by atoms with Gasteiger partial charge in [-0.2, -0.15) is 0 Å². The van der Waals surface area contributed by atoms with Gasteiger partial charge in [0.15, 0.2) is 5.76 Å². The van der Waals surface area contributed by atoms with Crippen LogP contribution in [-0.2, 0) is 19.0 Å². The maximum atomic E-state index is 13.7. The van der Waals surface area contributed by atoms with Gasteiger partial charge in [-0.3, -0.25) is 14.3 Å². The molecule has 216 valence electrons. The van der Waals surface area contributed by atoms with E-state index in [0.717, 1.165) is 29.8 Å². The number of carbonyl (C=O) groups excluding carboxylic acids is 2. The zero-order valence-corrected chi connectivity index (χ0v) is 23.9. The Morgan fingerprint density at radius 3 is 2.78 bits per heavy atom. The Morgan fingerprint density at radius 2 is 2.10 bits per heavy atom. The molecule has 0 saturated carbocycles. The fourth-order valence-corrected chi connectivity index (χ4v) is 5.21. The Morgan fingerprint density at radius 1 is 1.24 bits per heavy atom. The van der Waals surface area contributed by atoms with Crippen LogP contribution in [0.15, 0.2) is 73.1 Å². The summed E-state index contributed by atoms with van der Waals surface area (Å²) in [5.41, 5.74) is 1.82. The summed E-state index contributed by atoms with van der Waals surface area (Å²) in [4.78, 5) is 43.8. The van der Waals surface area contributed by atoms with Crippen LogP contribution >= 0.6 is 0 Å². The normalized spacial score (nSPS) is 19.3. The highest BCUT2D eigenvalue weighted by atomic mass is 16.6. The van der Waals surface area contributed by atoms with Gasteiger partial charge in [0.25, 0.3) is 0 Å². The first-order valence-electron chi connectivity index (χ1n) is 13.9. The molecule has 1 fully saturated rings. The minimum Gasteiger partial charge on any atom is -0.466 e. The number of carbonyl (C=O) groups is 2. The Kier molecular flexibility index (Phi) is 8.23. The van der Waals surface area contributed by atoms with E-state index in [4.69, 9.17) is 19.2 Å². The molecule has 1 aliphatic carbocycles. The highest BCUT2D eigenvalue weighted by Gasteiger charge is 2.38. The number of hydrogen-bond acceptors (Lipinski definition) is 8. The van der Waals surface area contributed by atoms with Crippen molar-refractivity contribution in [2.75, 3.05) is 13.1 Å². The van der Waals surface area contributed by atoms with Gasteiger partial charge < -0.3 is 19.1 Å². The highest BCUT2D eigenvalue weighted by Crippen LogP contribution is 2.34. The van der Waals surface area contributed by atoms with E-state index in [1.165, 1.54) is 18.8 Å². The summed E-state index contributed by atoms with van der Waals surface area (Å²) in [7, 11) is 0. The van der Waals surface area contributed by atoms with E-state index in [2.05, 4.69) is 16.0 Å². The third-order valence-corrected chi connectivity index (χ3v) is 6.98. The summed E-state index contributed by atoms with van der Waals surface area (Å²) < 4.78 is 18.9. The van der Waals surface area contributed by atoms with Gasteiger partial charge in [0.1, 0.15) is 36.8 Å². The van der Waals surface area contributed by atoms with Gasteiger partial charge in [0, 0.05) is 37.6 Å². The second kappa shape index (κ2) is 12.0. The first-order chi connectivity index (χ1) is 19.7. The van der Waals surface area contributed by atoms with Crippen LogP contribution in [0.4, 0.5) is 4.79 Å². The Hall–Kier alpha value is -4.41. The fraction of sp³-hybridized carbons (Fsp3) is 0.433. The van der Waals surface area contributed by atoms with Crippen LogP contribution in [0.25, 0.3) is 5.95 Å². The van der Waals surface area contributed by atoms with Crippen molar-refractivity contribution < 1.29 is 23.8 Å². The zero-order chi connectivity index (χ0) is 29.0. The summed E-state index contributed by atoms with van der Waals surface area (Å²) in [5, 5.41) is 0. The van der Waals surface area contributed by atoms with Gasteiger partial charge in [-0.1, -0.05) is 18.2 Å². The van der Waals surface area contributed by atoms with Crippen molar-refractivity contribution in [2.24, 2.45) is 0 Å². The average Bonchev–Trinajstić information content (AvgIpc) is 3.61. The standard InChI is InChI=1S/C30H36N6O5/c1-21-18-23(33-28(32-21)34-13-12-31-20-34)24-10-11-26(37)35(24)14-15-36(29(38)41-30(2,3)4)27(22-8-6-5-7-9-22)25-19-39-16-17-40-25/h5-6,8,12-13,16-20,24,27H,7,9-11,14-15H2,1-4H3. The van der Waals surface area contributed by atoms with E-state index in [1.807, 2.05) is 45.9 Å². The number of aryl methyl sites for hydroxylation is 1. The molecule has 0 N–H and O–H groups in total. The Balaban J connectivity index is 1.44. The number of allylic oxidation sites excluding steroid dienone is 3. The van der Waals surface area contributed by atoms with Crippen LogP contribution in [0.2, 0.25) is 0 Å². The predicted molar refractivity (Wildman–Crippen MR) is 150 cm³/mol. The maximum Gasteiger partial charge on any atom is 0.411 e. The molecule has 2 aromatic rings. The summed E-state index contributed by atoms with van der Waals surface area (Å²) in [6, 6.07) is 1.10. The van der Waals surface area contributed by atoms with Gasteiger partial charge in [-0.25, -0.2) is 19.7 Å². The lowest BCUT2D eigenvalue weighted by atomic mass is 9.95. The molecule has 2 unspecified atom stereocenters. The number of imidazole rings is 1. The molecule has 5 rings (SSSR count). The van der Waals surface area contributed by atoms with Gasteiger partial charge in [-0.15, -0.1) is 0 Å². The number of aromatic nitrogens is 4. The van der Waals surface area contributed by atoms with Crippen molar-refractivity contribution in [1.82, 2.24) is 29.3 Å². The molecule has 3 aliphatic rings. The monoisotopic (exact) mass is 560 g/mol. The quantitative estimate of drug-likeness (QED) is 0.449. The van der Waals surface area contributed by atoms with Crippen molar-refractivity contribution in [3.05, 3.63) is 84.5 Å². The van der Waals surface area contributed by atoms with Crippen LogP contribution < -0.4 is 0 Å². The second-order valence-electron chi connectivity index (χ2n) is 11.2. The van der Waals surface area contributed by atoms with Crippen molar-refractivity contribution in [2.45, 2.75) is 71.1 Å². The molecule has 0 aromatic carbocycles. The summed E-state index contributed by atoms with van der Waals surface area (Å²) >= 11 is 0. The molecule has 2 aliphatic heterocycles. The predicted octanol–water partition coefficient (Wildman–Crippen LogP) is 4.88. The molecular formula is C30H36N6O5. The van der Waals surface area contributed by atoms with Crippen LogP contribution in [0.3, 0.4) is 0 Å². The lowest BCUT2D eigenvalue weighted by molar-refractivity contribution is -0.129. The SMILES string of the molecule is Cc1cc(C2CCC(=O)N2CCN(C(=O)OC(C)(C)C)C(C2=CC=CCC2)C2=COC=CO2)nc(-n2ccnc2)n1. The molecule has 4 heterocycles. The second-order valence-corrected chi connectivity index (χ2v) is 11.2. The van der Waals surface area contributed by atoms with E-state index in [1.54, 1.807) is 33.1 Å². The van der Waals surface area contributed by atoms with Crippen molar-refractivity contribution in [1.29, 1.82) is 0 Å². The first-order valence-corrected chi connectivity index (χ1v) is 13.9.